The monoisotopic (exact) mass is 316 g/mol. The topological polar surface area (TPSA) is 111 Å². The molecule has 0 aromatic carbocycles. The minimum Gasteiger partial charge on any atom is -0.467 e. The van der Waals surface area contributed by atoms with Crippen LogP contribution in [0, 0.1) is 0 Å². The second-order valence-corrected chi connectivity index (χ2v) is 4.25. The third kappa shape index (κ3) is 11.4. The molecule has 0 saturated heterocycles. The van der Waals surface area contributed by atoms with Gasteiger partial charge in [-0.05, 0) is 13.3 Å². The fourth-order valence-corrected chi connectivity index (χ4v) is 1.31. The number of amides is 2. The van der Waals surface area contributed by atoms with Crippen LogP contribution in [-0.2, 0) is 28.7 Å². The van der Waals surface area contributed by atoms with Gasteiger partial charge in [0.15, 0.2) is 0 Å². The molecule has 2 amide bonds. The first-order valence-electron chi connectivity index (χ1n) is 6.50. The summed E-state index contributed by atoms with van der Waals surface area (Å²) in [6.45, 7) is 7.72. The molecule has 2 atom stereocenters. The van der Waals surface area contributed by atoms with Crippen LogP contribution in [0.1, 0.15) is 27.2 Å². The Morgan fingerprint density at radius 2 is 1.45 bits per heavy atom. The Hall–Kier alpha value is -2.38. The normalized spacial score (nSPS) is 11.7. The van der Waals surface area contributed by atoms with Crippen molar-refractivity contribution in [2.45, 2.75) is 39.3 Å². The zero-order chi connectivity index (χ0) is 17.7. The molecule has 0 rings (SSSR count). The van der Waals surface area contributed by atoms with Gasteiger partial charge in [-0.25, -0.2) is 9.59 Å². The number of hydrogen-bond donors (Lipinski definition) is 2. The minimum absolute atomic E-state index is 0.238. The third-order valence-corrected chi connectivity index (χ3v) is 2.24. The summed E-state index contributed by atoms with van der Waals surface area (Å²) in [5.41, 5.74) is 0. The number of carbonyl (C=O) groups is 4. The lowest BCUT2D eigenvalue weighted by atomic mass is 10.2. The van der Waals surface area contributed by atoms with Gasteiger partial charge in [0.05, 0.1) is 14.2 Å². The SMILES string of the molecule is C=CC[C@H](NC(C)=O)C(=O)OC.COC(=O)[C@H](C)NC(C)=O. The summed E-state index contributed by atoms with van der Waals surface area (Å²) in [5, 5.41) is 4.83. The van der Waals surface area contributed by atoms with E-state index in [0.29, 0.717) is 6.42 Å². The fourth-order valence-electron chi connectivity index (χ4n) is 1.31. The zero-order valence-corrected chi connectivity index (χ0v) is 13.6. The molecule has 0 spiro atoms. The highest BCUT2D eigenvalue weighted by Crippen LogP contribution is 1.95. The summed E-state index contributed by atoms with van der Waals surface area (Å²) in [6, 6.07) is -1.16. The van der Waals surface area contributed by atoms with E-state index < -0.39 is 24.0 Å². The van der Waals surface area contributed by atoms with Crippen LogP contribution in [0.15, 0.2) is 12.7 Å². The number of esters is 2. The van der Waals surface area contributed by atoms with Gasteiger partial charge < -0.3 is 20.1 Å². The molecular formula is C14H24N2O6. The third-order valence-electron chi connectivity index (χ3n) is 2.24. The van der Waals surface area contributed by atoms with Crippen molar-refractivity contribution in [3.63, 3.8) is 0 Å². The quantitative estimate of drug-likeness (QED) is 0.524. The second kappa shape index (κ2) is 12.4. The molecule has 2 N–H and O–H groups in total. The van der Waals surface area contributed by atoms with Gasteiger partial charge in [0.25, 0.3) is 0 Å². The largest absolute Gasteiger partial charge is 0.467 e. The van der Waals surface area contributed by atoms with Gasteiger partial charge in [0.2, 0.25) is 11.8 Å². The Labute approximate surface area is 130 Å². The van der Waals surface area contributed by atoms with Crippen molar-refractivity contribution in [1.29, 1.82) is 0 Å². The maximum absolute atomic E-state index is 11.0. The van der Waals surface area contributed by atoms with Crippen molar-refractivity contribution in [2.75, 3.05) is 14.2 Å². The molecule has 22 heavy (non-hydrogen) atoms. The predicted molar refractivity (Wildman–Crippen MR) is 79.7 cm³/mol. The van der Waals surface area contributed by atoms with Gasteiger partial charge in [-0.1, -0.05) is 6.08 Å². The maximum atomic E-state index is 11.0. The van der Waals surface area contributed by atoms with Crippen molar-refractivity contribution in [3.05, 3.63) is 12.7 Å². The number of ether oxygens (including phenoxy) is 2. The van der Waals surface area contributed by atoms with Gasteiger partial charge in [0, 0.05) is 13.8 Å². The first-order chi connectivity index (χ1) is 10.2. The molecule has 0 aromatic rings. The average Bonchev–Trinajstić information content (AvgIpc) is 2.44. The summed E-state index contributed by atoms with van der Waals surface area (Å²) < 4.78 is 8.82. The highest BCUT2D eigenvalue weighted by molar-refractivity contribution is 5.83. The van der Waals surface area contributed by atoms with Gasteiger partial charge >= 0.3 is 11.9 Å². The molecule has 0 aliphatic rings. The van der Waals surface area contributed by atoms with E-state index in [4.69, 9.17) is 0 Å². The van der Waals surface area contributed by atoms with Crippen molar-refractivity contribution in [3.8, 4) is 0 Å². The van der Waals surface area contributed by atoms with Gasteiger partial charge in [-0.3, -0.25) is 9.59 Å². The van der Waals surface area contributed by atoms with Crippen LogP contribution >= 0.6 is 0 Å². The lowest BCUT2D eigenvalue weighted by molar-refractivity contribution is -0.145. The average molecular weight is 316 g/mol. The zero-order valence-electron chi connectivity index (χ0n) is 13.6. The molecule has 126 valence electrons. The summed E-state index contributed by atoms with van der Waals surface area (Å²) in [4.78, 5) is 42.5. The van der Waals surface area contributed by atoms with Crippen LogP contribution in [0.25, 0.3) is 0 Å². The Bertz CT molecular complexity index is 408. The number of rotatable bonds is 6. The second-order valence-electron chi connectivity index (χ2n) is 4.25. The molecular weight excluding hydrogens is 292 g/mol. The Morgan fingerprint density at radius 3 is 1.77 bits per heavy atom. The molecule has 0 radical (unpaired) electrons. The van der Waals surface area contributed by atoms with E-state index >= 15 is 0 Å². The molecule has 0 aliphatic heterocycles. The lowest BCUT2D eigenvalue weighted by Gasteiger charge is -2.12. The Kier molecular flexibility index (Phi) is 12.3. The van der Waals surface area contributed by atoms with Crippen LogP contribution < -0.4 is 10.6 Å². The van der Waals surface area contributed by atoms with Crippen molar-refractivity contribution in [1.82, 2.24) is 10.6 Å². The predicted octanol–water partition coefficient (Wildman–Crippen LogP) is -0.0758. The molecule has 0 unspecified atom stereocenters. The molecule has 8 heteroatoms. The van der Waals surface area contributed by atoms with Gasteiger partial charge in [-0.2, -0.15) is 0 Å². The standard InChI is InChI=1S/C8H13NO3.C6H11NO3/c1-4-5-7(8(11)12-3)9-6(2)10;1-4(6(9)10-3)7-5(2)8/h4,7H,1,5H2,2-3H3,(H,9,10);4H,1-3H3,(H,7,8)/t7-;4-/m00/s1. The van der Waals surface area contributed by atoms with Crippen molar-refractivity contribution in [2.24, 2.45) is 0 Å². The smallest absolute Gasteiger partial charge is 0.328 e. The Morgan fingerprint density at radius 1 is 1.00 bits per heavy atom. The van der Waals surface area contributed by atoms with E-state index in [-0.39, 0.29) is 11.8 Å². The number of hydrogen-bond acceptors (Lipinski definition) is 6. The van der Waals surface area contributed by atoms with Gasteiger partial charge in [-0.15, -0.1) is 6.58 Å². The van der Waals surface area contributed by atoms with Crippen LogP contribution in [0.4, 0.5) is 0 Å². The van der Waals surface area contributed by atoms with Gasteiger partial charge in [0.1, 0.15) is 12.1 Å². The van der Waals surface area contributed by atoms with E-state index in [2.05, 4.69) is 26.7 Å². The van der Waals surface area contributed by atoms with Crippen molar-refractivity contribution >= 4 is 23.8 Å². The molecule has 0 saturated carbocycles. The molecule has 0 fully saturated rings. The van der Waals surface area contributed by atoms with E-state index in [0.717, 1.165) is 0 Å². The summed E-state index contributed by atoms with van der Waals surface area (Å²) in [5.74, 6) is -1.38. The van der Waals surface area contributed by atoms with Crippen LogP contribution in [0.2, 0.25) is 0 Å². The molecule has 0 aromatic heterocycles. The summed E-state index contributed by atoms with van der Waals surface area (Å²) >= 11 is 0. The Balaban J connectivity index is 0. The summed E-state index contributed by atoms with van der Waals surface area (Å²) in [6.07, 6.45) is 1.93. The highest BCUT2D eigenvalue weighted by atomic mass is 16.5. The van der Waals surface area contributed by atoms with Crippen molar-refractivity contribution < 1.29 is 28.7 Å². The first kappa shape index (κ1) is 21.9. The molecule has 0 heterocycles. The fraction of sp³-hybridized carbons (Fsp3) is 0.571. The summed E-state index contributed by atoms with van der Waals surface area (Å²) in [7, 11) is 2.56. The number of carbonyl (C=O) groups excluding carboxylic acids is 4. The van der Waals surface area contributed by atoms with E-state index in [9.17, 15) is 19.2 Å². The lowest BCUT2D eigenvalue weighted by Crippen LogP contribution is -2.39. The van der Waals surface area contributed by atoms with E-state index in [1.807, 2.05) is 0 Å². The maximum Gasteiger partial charge on any atom is 0.328 e. The minimum atomic E-state index is -0.606. The van der Waals surface area contributed by atoms with Crippen LogP contribution in [0.5, 0.6) is 0 Å². The first-order valence-corrected chi connectivity index (χ1v) is 6.50. The number of nitrogens with one attached hydrogen (secondary N) is 2. The molecule has 8 nitrogen and oxygen atoms in total. The molecule has 0 aliphatic carbocycles. The number of methoxy groups -OCH3 is 2. The highest BCUT2D eigenvalue weighted by Gasteiger charge is 2.17. The molecule has 0 bridgehead atoms. The van der Waals surface area contributed by atoms with Crippen LogP contribution in [0.3, 0.4) is 0 Å². The van der Waals surface area contributed by atoms with E-state index in [1.54, 1.807) is 13.0 Å². The van der Waals surface area contributed by atoms with E-state index in [1.165, 1.54) is 28.1 Å². The van der Waals surface area contributed by atoms with Crippen LogP contribution in [-0.4, -0.2) is 50.1 Å².